The smallest absolute Gasteiger partial charge is 0.245 e. The number of hydrogen-bond donors (Lipinski definition) is 1. The van der Waals surface area contributed by atoms with E-state index in [1.54, 1.807) is 4.90 Å². The lowest BCUT2D eigenvalue weighted by atomic mass is 10.1. The minimum atomic E-state index is -0.220. The molecule has 0 spiro atoms. The highest BCUT2D eigenvalue weighted by molar-refractivity contribution is 5.88. The van der Waals surface area contributed by atoms with Gasteiger partial charge in [0, 0.05) is 45.7 Å². The number of amides is 2. The number of carbonyl (C=O) groups excluding carboxylic acids is 2. The number of nitrogens with one attached hydrogen (secondary N) is 1. The zero-order valence-electron chi connectivity index (χ0n) is 12.6. The molecule has 0 aliphatic carbocycles. The Morgan fingerprint density at radius 1 is 1.20 bits per heavy atom. The summed E-state index contributed by atoms with van der Waals surface area (Å²) in [7, 11) is 3.92. The fourth-order valence-electron chi connectivity index (χ4n) is 2.88. The van der Waals surface area contributed by atoms with E-state index in [1.807, 2.05) is 23.9 Å². The van der Waals surface area contributed by atoms with Crippen LogP contribution in [0.2, 0.25) is 0 Å². The van der Waals surface area contributed by atoms with Crippen molar-refractivity contribution >= 4 is 11.8 Å². The van der Waals surface area contributed by atoms with Gasteiger partial charge in [0.15, 0.2) is 0 Å². The van der Waals surface area contributed by atoms with Crippen LogP contribution in [0.1, 0.15) is 19.3 Å². The van der Waals surface area contributed by atoms with Crippen molar-refractivity contribution in [3.63, 3.8) is 0 Å². The summed E-state index contributed by atoms with van der Waals surface area (Å²) in [5.74, 6) is 0.256. The molecule has 1 unspecified atom stereocenters. The Morgan fingerprint density at radius 3 is 2.55 bits per heavy atom. The quantitative estimate of drug-likeness (QED) is 0.745. The molecule has 2 saturated heterocycles. The lowest BCUT2D eigenvalue weighted by Gasteiger charge is -2.33. The monoisotopic (exact) mass is 282 g/mol. The molecular weight excluding hydrogens is 256 g/mol. The van der Waals surface area contributed by atoms with Crippen molar-refractivity contribution in [2.75, 3.05) is 53.4 Å². The zero-order valence-corrected chi connectivity index (χ0v) is 12.6. The Hall–Kier alpha value is -1.14. The Bertz CT molecular complexity index is 353. The van der Waals surface area contributed by atoms with Crippen molar-refractivity contribution in [3.8, 4) is 0 Å². The molecule has 6 nitrogen and oxygen atoms in total. The normalized spacial score (nSPS) is 23.4. The predicted molar refractivity (Wildman–Crippen MR) is 77.4 cm³/mol. The maximum Gasteiger partial charge on any atom is 0.245 e. The van der Waals surface area contributed by atoms with Crippen molar-refractivity contribution in [2.24, 2.45) is 0 Å². The Kier molecular flexibility index (Phi) is 5.37. The Labute approximate surface area is 121 Å². The van der Waals surface area contributed by atoms with Crippen LogP contribution in [0.5, 0.6) is 0 Å². The summed E-state index contributed by atoms with van der Waals surface area (Å²) in [5.41, 5.74) is 0. The summed E-state index contributed by atoms with van der Waals surface area (Å²) >= 11 is 0. The molecule has 0 bridgehead atoms. The standard InChI is InChI=1S/C14H26N4O2/c1-16(2)9-5-13(19)18-8-3-4-12(18)14(20)17-10-6-15-7-11-17/h12,15H,3-11H2,1-2H3. The van der Waals surface area contributed by atoms with E-state index in [-0.39, 0.29) is 17.9 Å². The molecule has 2 heterocycles. The SMILES string of the molecule is CN(C)CCC(=O)N1CCCC1C(=O)N1CCNCC1. The van der Waals surface area contributed by atoms with Crippen molar-refractivity contribution in [3.05, 3.63) is 0 Å². The first kappa shape index (κ1) is 15.3. The molecule has 20 heavy (non-hydrogen) atoms. The second-order valence-corrected chi connectivity index (χ2v) is 5.87. The Balaban J connectivity index is 1.92. The molecule has 2 fully saturated rings. The number of rotatable bonds is 4. The highest BCUT2D eigenvalue weighted by atomic mass is 16.2. The Morgan fingerprint density at radius 2 is 1.90 bits per heavy atom. The van der Waals surface area contributed by atoms with Gasteiger partial charge in [0.05, 0.1) is 0 Å². The van der Waals surface area contributed by atoms with Gasteiger partial charge >= 0.3 is 0 Å². The van der Waals surface area contributed by atoms with Crippen LogP contribution in [-0.2, 0) is 9.59 Å². The lowest BCUT2D eigenvalue weighted by molar-refractivity contribution is -0.144. The second kappa shape index (κ2) is 7.04. The number of carbonyl (C=O) groups is 2. The van der Waals surface area contributed by atoms with Crippen molar-refractivity contribution in [1.82, 2.24) is 20.0 Å². The first-order valence-electron chi connectivity index (χ1n) is 7.53. The van der Waals surface area contributed by atoms with E-state index in [0.717, 1.165) is 52.1 Å². The maximum absolute atomic E-state index is 12.5. The molecule has 1 N–H and O–H groups in total. The van der Waals surface area contributed by atoms with Gasteiger partial charge in [-0.25, -0.2) is 0 Å². The largest absolute Gasteiger partial charge is 0.338 e. The van der Waals surface area contributed by atoms with Crippen LogP contribution in [0, 0.1) is 0 Å². The van der Waals surface area contributed by atoms with E-state index in [2.05, 4.69) is 5.32 Å². The minimum Gasteiger partial charge on any atom is -0.338 e. The third-order valence-corrected chi connectivity index (χ3v) is 4.06. The highest BCUT2D eigenvalue weighted by Gasteiger charge is 2.36. The van der Waals surface area contributed by atoms with E-state index < -0.39 is 0 Å². The van der Waals surface area contributed by atoms with Crippen molar-refractivity contribution in [2.45, 2.75) is 25.3 Å². The molecule has 2 aliphatic heterocycles. The van der Waals surface area contributed by atoms with Crippen LogP contribution < -0.4 is 5.32 Å². The van der Waals surface area contributed by atoms with Gasteiger partial charge < -0.3 is 20.0 Å². The molecule has 0 radical (unpaired) electrons. The molecule has 114 valence electrons. The van der Waals surface area contributed by atoms with E-state index in [4.69, 9.17) is 0 Å². The summed E-state index contributed by atoms with van der Waals surface area (Å²) in [5, 5.41) is 3.25. The number of hydrogen-bond acceptors (Lipinski definition) is 4. The minimum absolute atomic E-state index is 0.115. The van der Waals surface area contributed by atoms with Crippen LogP contribution in [0.15, 0.2) is 0 Å². The van der Waals surface area contributed by atoms with Crippen LogP contribution in [-0.4, -0.2) is 85.9 Å². The average molecular weight is 282 g/mol. The van der Waals surface area contributed by atoms with Crippen LogP contribution >= 0.6 is 0 Å². The fourth-order valence-corrected chi connectivity index (χ4v) is 2.88. The topological polar surface area (TPSA) is 55.9 Å². The summed E-state index contributed by atoms with van der Waals surface area (Å²) in [4.78, 5) is 30.5. The summed E-state index contributed by atoms with van der Waals surface area (Å²) in [6, 6.07) is -0.220. The molecule has 0 aromatic heterocycles. The van der Waals surface area contributed by atoms with Crippen molar-refractivity contribution in [1.29, 1.82) is 0 Å². The molecule has 0 aromatic rings. The van der Waals surface area contributed by atoms with Crippen LogP contribution in [0.25, 0.3) is 0 Å². The maximum atomic E-state index is 12.5. The number of nitrogens with zero attached hydrogens (tertiary/aromatic N) is 3. The van der Waals surface area contributed by atoms with Gasteiger partial charge in [0.2, 0.25) is 11.8 Å². The molecule has 2 amide bonds. The van der Waals surface area contributed by atoms with E-state index in [9.17, 15) is 9.59 Å². The molecular formula is C14H26N4O2. The third-order valence-electron chi connectivity index (χ3n) is 4.06. The summed E-state index contributed by atoms with van der Waals surface area (Å²) in [6.45, 7) is 4.70. The van der Waals surface area contributed by atoms with Gasteiger partial charge in [-0.1, -0.05) is 0 Å². The highest BCUT2D eigenvalue weighted by Crippen LogP contribution is 2.20. The fraction of sp³-hybridized carbons (Fsp3) is 0.857. The predicted octanol–water partition coefficient (Wildman–Crippen LogP) is -0.639. The average Bonchev–Trinajstić information content (AvgIpc) is 2.94. The third kappa shape index (κ3) is 3.70. The van der Waals surface area contributed by atoms with Crippen LogP contribution in [0.3, 0.4) is 0 Å². The van der Waals surface area contributed by atoms with Gasteiger partial charge in [0.25, 0.3) is 0 Å². The first-order chi connectivity index (χ1) is 9.59. The molecule has 0 aromatic carbocycles. The van der Waals surface area contributed by atoms with Gasteiger partial charge in [-0.3, -0.25) is 9.59 Å². The van der Waals surface area contributed by atoms with E-state index >= 15 is 0 Å². The van der Waals surface area contributed by atoms with Gasteiger partial charge in [-0.15, -0.1) is 0 Å². The van der Waals surface area contributed by atoms with E-state index in [0.29, 0.717) is 6.42 Å². The first-order valence-corrected chi connectivity index (χ1v) is 7.53. The number of likely N-dealkylation sites (tertiary alicyclic amines) is 1. The van der Waals surface area contributed by atoms with Gasteiger partial charge in [-0.05, 0) is 26.9 Å². The lowest BCUT2D eigenvalue weighted by Crippen LogP contribution is -2.53. The second-order valence-electron chi connectivity index (χ2n) is 5.87. The van der Waals surface area contributed by atoms with Crippen molar-refractivity contribution < 1.29 is 9.59 Å². The van der Waals surface area contributed by atoms with Crippen LogP contribution in [0.4, 0.5) is 0 Å². The molecule has 1 atom stereocenters. The molecule has 2 rings (SSSR count). The summed E-state index contributed by atoms with van der Waals surface area (Å²) in [6.07, 6.45) is 2.25. The van der Waals surface area contributed by atoms with Gasteiger partial charge in [0.1, 0.15) is 6.04 Å². The summed E-state index contributed by atoms with van der Waals surface area (Å²) < 4.78 is 0. The number of piperazine rings is 1. The van der Waals surface area contributed by atoms with Gasteiger partial charge in [-0.2, -0.15) is 0 Å². The molecule has 6 heteroatoms. The zero-order chi connectivity index (χ0) is 14.5. The molecule has 2 aliphatic rings. The molecule has 0 saturated carbocycles. The van der Waals surface area contributed by atoms with E-state index in [1.165, 1.54) is 0 Å².